The highest BCUT2D eigenvalue weighted by molar-refractivity contribution is 5.83. The van der Waals surface area contributed by atoms with Crippen molar-refractivity contribution in [3.05, 3.63) is 22.5 Å². The minimum absolute atomic E-state index is 0.213. The van der Waals surface area contributed by atoms with E-state index < -0.39 is 42.0 Å². The molecule has 10 heteroatoms. The van der Waals surface area contributed by atoms with E-state index in [0.29, 0.717) is 6.42 Å². The van der Waals surface area contributed by atoms with Gasteiger partial charge in [0, 0.05) is 0 Å². The molecule has 1 aromatic heterocycles. The van der Waals surface area contributed by atoms with Gasteiger partial charge in [0.2, 0.25) is 0 Å². The molecule has 2 unspecified atom stereocenters. The van der Waals surface area contributed by atoms with Crippen LogP contribution in [0.5, 0.6) is 0 Å². The topological polar surface area (TPSA) is 101 Å². The second-order valence-electron chi connectivity index (χ2n) is 6.60. The number of fused-ring (bicyclic) bond motifs is 1. The fourth-order valence-corrected chi connectivity index (χ4v) is 3.20. The summed E-state index contributed by atoms with van der Waals surface area (Å²) in [6, 6.07) is 0. The van der Waals surface area contributed by atoms with Gasteiger partial charge in [-0.1, -0.05) is 19.8 Å². The SMILES string of the molecule is CCCCCOC(=O)Nc1nc(=O)n([C@@H]2OC(C)[C@H]3OC(C)O[C@H]32)cc1F. The number of amides is 1. The van der Waals surface area contributed by atoms with Gasteiger partial charge >= 0.3 is 11.8 Å². The fourth-order valence-electron chi connectivity index (χ4n) is 3.20. The van der Waals surface area contributed by atoms with Crippen molar-refractivity contribution in [3.8, 4) is 0 Å². The second kappa shape index (κ2) is 8.32. The zero-order chi connectivity index (χ0) is 19.6. The van der Waals surface area contributed by atoms with Gasteiger partial charge in [-0.3, -0.25) is 9.88 Å². The maximum Gasteiger partial charge on any atom is 0.412 e. The number of ether oxygens (including phenoxy) is 4. The van der Waals surface area contributed by atoms with Crippen LogP contribution in [0.15, 0.2) is 11.0 Å². The van der Waals surface area contributed by atoms with E-state index in [4.69, 9.17) is 18.9 Å². The van der Waals surface area contributed by atoms with Crippen LogP contribution in [0.1, 0.15) is 46.3 Å². The van der Waals surface area contributed by atoms with Gasteiger partial charge in [0.05, 0.1) is 18.9 Å². The summed E-state index contributed by atoms with van der Waals surface area (Å²) >= 11 is 0. The first-order valence-corrected chi connectivity index (χ1v) is 9.09. The van der Waals surface area contributed by atoms with Crippen LogP contribution in [0.3, 0.4) is 0 Å². The number of hydrogen-bond acceptors (Lipinski definition) is 7. The van der Waals surface area contributed by atoms with E-state index in [1.807, 2.05) is 6.92 Å². The molecular weight excluding hydrogens is 361 g/mol. The van der Waals surface area contributed by atoms with Gasteiger partial charge in [0.15, 0.2) is 24.2 Å². The zero-order valence-electron chi connectivity index (χ0n) is 15.5. The van der Waals surface area contributed by atoms with Crippen LogP contribution in [0.4, 0.5) is 15.0 Å². The molecule has 9 nitrogen and oxygen atoms in total. The van der Waals surface area contributed by atoms with Crippen molar-refractivity contribution >= 4 is 11.9 Å². The highest BCUT2D eigenvalue weighted by atomic mass is 19.1. The summed E-state index contributed by atoms with van der Waals surface area (Å²) in [7, 11) is 0. The second-order valence-corrected chi connectivity index (χ2v) is 6.60. The van der Waals surface area contributed by atoms with Gasteiger partial charge in [0.25, 0.3) is 0 Å². The Labute approximate surface area is 155 Å². The molecule has 1 amide bonds. The molecule has 2 fully saturated rings. The smallest absolute Gasteiger partial charge is 0.412 e. The molecular formula is C17H24FN3O6. The average Bonchev–Trinajstić information content (AvgIpc) is 3.13. The summed E-state index contributed by atoms with van der Waals surface area (Å²) in [5.41, 5.74) is -0.779. The van der Waals surface area contributed by atoms with Gasteiger partial charge in [-0.15, -0.1) is 0 Å². The van der Waals surface area contributed by atoms with Gasteiger partial charge < -0.3 is 18.9 Å². The third-order valence-electron chi connectivity index (χ3n) is 4.50. The summed E-state index contributed by atoms with van der Waals surface area (Å²) in [5, 5.41) is 2.15. The first kappa shape index (κ1) is 19.7. The Balaban J connectivity index is 1.70. The largest absolute Gasteiger partial charge is 0.449 e. The van der Waals surface area contributed by atoms with E-state index in [2.05, 4.69) is 10.3 Å². The normalized spacial score (nSPS) is 29.6. The minimum Gasteiger partial charge on any atom is -0.449 e. The van der Waals surface area contributed by atoms with E-state index in [1.54, 1.807) is 13.8 Å². The molecule has 0 saturated carbocycles. The van der Waals surface area contributed by atoms with Crippen LogP contribution >= 0.6 is 0 Å². The number of nitrogens with one attached hydrogen (secondary N) is 1. The zero-order valence-corrected chi connectivity index (χ0v) is 15.5. The summed E-state index contributed by atoms with van der Waals surface area (Å²) in [6.07, 6.45) is 0.171. The van der Waals surface area contributed by atoms with Crippen LogP contribution < -0.4 is 11.0 Å². The van der Waals surface area contributed by atoms with Crippen molar-refractivity contribution in [1.29, 1.82) is 0 Å². The summed E-state index contributed by atoms with van der Waals surface area (Å²) in [4.78, 5) is 27.7. The molecule has 2 aliphatic rings. The quantitative estimate of drug-likeness (QED) is 0.749. The Morgan fingerprint density at radius 1 is 1.30 bits per heavy atom. The number of unbranched alkanes of at least 4 members (excludes halogenated alkanes) is 2. The van der Waals surface area contributed by atoms with Crippen molar-refractivity contribution in [2.24, 2.45) is 0 Å². The number of aromatic nitrogens is 2. The number of anilines is 1. The summed E-state index contributed by atoms with van der Waals surface area (Å²) in [5.74, 6) is -1.37. The first-order valence-electron chi connectivity index (χ1n) is 9.09. The standard InChI is InChI=1S/C17H24FN3O6/c1-4-5-6-7-24-17(23)20-14-11(18)8-21(16(22)19-14)15-13-12(9(2)25-15)26-10(3)27-13/h8-10,12-13,15H,4-7H2,1-3H3,(H,19,20,22,23)/t9?,10?,12-,13-,15-/m1/s1. The molecule has 1 aromatic rings. The van der Waals surface area contributed by atoms with Crippen molar-refractivity contribution < 1.29 is 28.1 Å². The molecule has 1 N–H and O–H groups in total. The predicted molar refractivity (Wildman–Crippen MR) is 91.7 cm³/mol. The molecule has 27 heavy (non-hydrogen) atoms. The van der Waals surface area contributed by atoms with Crippen molar-refractivity contribution in [3.63, 3.8) is 0 Å². The molecule has 0 bridgehead atoms. The third-order valence-corrected chi connectivity index (χ3v) is 4.50. The molecule has 0 aromatic carbocycles. The molecule has 0 radical (unpaired) electrons. The third kappa shape index (κ3) is 4.28. The van der Waals surface area contributed by atoms with Crippen LogP contribution in [0, 0.1) is 5.82 Å². The lowest BCUT2D eigenvalue weighted by Crippen LogP contribution is -2.35. The van der Waals surface area contributed by atoms with Crippen molar-refractivity contribution in [2.45, 2.75) is 70.9 Å². The number of hydrogen-bond donors (Lipinski definition) is 1. The van der Waals surface area contributed by atoms with Gasteiger partial charge in [0.1, 0.15) is 12.2 Å². The molecule has 0 aliphatic carbocycles. The van der Waals surface area contributed by atoms with Crippen LogP contribution in [-0.4, -0.2) is 46.9 Å². The van der Waals surface area contributed by atoms with Gasteiger partial charge in [-0.25, -0.2) is 14.0 Å². The Morgan fingerprint density at radius 3 is 2.78 bits per heavy atom. The first-order chi connectivity index (χ1) is 12.9. The summed E-state index contributed by atoms with van der Waals surface area (Å²) < 4.78 is 37.2. The van der Waals surface area contributed by atoms with E-state index >= 15 is 0 Å². The molecule has 2 aliphatic heterocycles. The molecule has 2 saturated heterocycles. The van der Waals surface area contributed by atoms with Crippen molar-refractivity contribution in [1.82, 2.24) is 9.55 Å². The van der Waals surface area contributed by atoms with E-state index in [-0.39, 0.29) is 18.8 Å². The highest BCUT2D eigenvalue weighted by Crippen LogP contribution is 2.38. The predicted octanol–water partition coefficient (Wildman–Crippen LogP) is 2.17. The van der Waals surface area contributed by atoms with E-state index in [1.165, 1.54) is 0 Å². The molecule has 0 spiro atoms. The number of nitrogens with zero attached hydrogens (tertiary/aromatic N) is 2. The Kier molecular flexibility index (Phi) is 6.08. The van der Waals surface area contributed by atoms with Gasteiger partial charge in [-0.05, 0) is 20.3 Å². The lowest BCUT2D eigenvalue weighted by molar-refractivity contribution is -0.135. The number of carbonyl (C=O) groups excluding carboxylic acids is 1. The van der Waals surface area contributed by atoms with Crippen LogP contribution in [0.2, 0.25) is 0 Å². The maximum absolute atomic E-state index is 14.4. The average molecular weight is 385 g/mol. The lowest BCUT2D eigenvalue weighted by Gasteiger charge is -2.19. The molecule has 3 rings (SSSR count). The Bertz CT molecular complexity index is 742. The molecule has 150 valence electrons. The Morgan fingerprint density at radius 2 is 2.04 bits per heavy atom. The number of halogens is 1. The Hall–Kier alpha value is -2.04. The minimum atomic E-state index is -0.883. The summed E-state index contributed by atoms with van der Waals surface area (Å²) in [6.45, 7) is 5.76. The van der Waals surface area contributed by atoms with Gasteiger partial charge in [-0.2, -0.15) is 4.98 Å². The van der Waals surface area contributed by atoms with Crippen LogP contribution in [0.25, 0.3) is 0 Å². The van der Waals surface area contributed by atoms with E-state index in [9.17, 15) is 14.0 Å². The number of rotatable bonds is 6. The highest BCUT2D eigenvalue weighted by Gasteiger charge is 2.51. The maximum atomic E-state index is 14.4. The number of carbonyl (C=O) groups is 1. The van der Waals surface area contributed by atoms with E-state index in [0.717, 1.165) is 23.6 Å². The monoisotopic (exact) mass is 385 g/mol. The van der Waals surface area contributed by atoms with Crippen molar-refractivity contribution in [2.75, 3.05) is 11.9 Å². The lowest BCUT2D eigenvalue weighted by atomic mass is 10.1. The molecule has 5 atom stereocenters. The van der Waals surface area contributed by atoms with Crippen LogP contribution in [-0.2, 0) is 18.9 Å². The molecule has 3 heterocycles. The fraction of sp³-hybridized carbons (Fsp3) is 0.706.